The van der Waals surface area contributed by atoms with E-state index in [1.54, 1.807) is 13.1 Å². The average molecular weight is 379 g/mol. The van der Waals surface area contributed by atoms with Crippen molar-refractivity contribution in [3.8, 4) is 0 Å². The molecule has 0 saturated carbocycles. The molecule has 1 aliphatic rings. The van der Waals surface area contributed by atoms with E-state index < -0.39 is 15.8 Å². The number of nitrogens with one attached hydrogen (secondary N) is 1. The molecule has 8 nitrogen and oxygen atoms in total. The lowest BCUT2D eigenvalue weighted by Gasteiger charge is -2.31. The van der Waals surface area contributed by atoms with Crippen molar-refractivity contribution < 1.29 is 21.7 Å². The fourth-order valence-electron chi connectivity index (χ4n) is 2.74. The van der Waals surface area contributed by atoms with Gasteiger partial charge in [-0.05, 0) is 18.8 Å². The van der Waals surface area contributed by atoms with Gasteiger partial charge in [0, 0.05) is 39.8 Å². The normalized spacial score (nSPS) is 17.9. The third kappa shape index (κ3) is 5.11. The van der Waals surface area contributed by atoms with Crippen LogP contribution in [0, 0.1) is 5.92 Å². The van der Waals surface area contributed by atoms with Gasteiger partial charge in [0.25, 0.3) is 10.0 Å². The molecule has 1 aromatic rings. The van der Waals surface area contributed by atoms with Crippen molar-refractivity contribution in [3.63, 3.8) is 0 Å². The van der Waals surface area contributed by atoms with Crippen LogP contribution in [0.5, 0.6) is 0 Å². The lowest BCUT2D eigenvalue weighted by atomic mass is 9.98. The van der Waals surface area contributed by atoms with Gasteiger partial charge >= 0.3 is 5.76 Å². The predicted octanol–water partition coefficient (Wildman–Crippen LogP) is 0.946. The van der Waals surface area contributed by atoms with Gasteiger partial charge in [-0.25, -0.2) is 8.42 Å². The Kier molecular flexibility index (Phi) is 6.71. The molecule has 2 heterocycles. The summed E-state index contributed by atoms with van der Waals surface area (Å²) < 4.78 is 53.7. The van der Waals surface area contributed by atoms with Crippen LogP contribution in [0.15, 0.2) is 21.8 Å². The number of rotatable bonds is 6. The second-order valence-electron chi connectivity index (χ2n) is 5.92. The summed E-state index contributed by atoms with van der Waals surface area (Å²) in [5.41, 5.74) is 0.774. The molecule has 0 bridgehead atoms. The number of nitrogens with zero attached hydrogens (tertiary/aromatic N) is 4. The SMILES string of the molecule is CN=C(NCC1CCN(S(=O)(=O)C(F)F)CC1)N(C)Cc1ccon1. The summed E-state index contributed by atoms with van der Waals surface area (Å²) in [6, 6.07) is 1.77. The molecule has 1 fully saturated rings. The smallest absolute Gasteiger partial charge is 0.350 e. The van der Waals surface area contributed by atoms with Crippen molar-refractivity contribution >= 4 is 16.0 Å². The van der Waals surface area contributed by atoms with Crippen LogP contribution in [0.2, 0.25) is 0 Å². The van der Waals surface area contributed by atoms with Gasteiger partial charge in [-0.3, -0.25) is 4.99 Å². The highest BCUT2D eigenvalue weighted by atomic mass is 32.2. The number of alkyl halides is 2. The zero-order chi connectivity index (χ0) is 18.4. The van der Waals surface area contributed by atoms with Crippen LogP contribution in [-0.4, -0.2) is 68.2 Å². The lowest BCUT2D eigenvalue weighted by Crippen LogP contribution is -2.45. The van der Waals surface area contributed by atoms with Gasteiger partial charge in [-0.15, -0.1) is 0 Å². The maximum absolute atomic E-state index is 12.6. The Bertz CT molecular complexity index is 658. The summed E-state index contributed by atoms with van der Waals surface area (Å²) in [7, 11) is -0.941. The molecule has 142 valence electrons. The standard InChI is InChI=1S/C14H23F2N5O3S/c1-17-14(20(2)10-12-5-8-24-19-12)18-9-11-3-6-21(7-4-11)25(22,23)13(15)16/h5,8,11,13H,3-4,6-7,9-10H2,1-2H3,(H,17,18). The first-order valence-corrected chi connectivity index (χ1v) is 9.43. The number of hydrogen-bond donors (Lipinski definition) is 1. The third-order valence-electron chi connectivity index (χ3n) is 4.17. The molecule has 2 rings (SSSR count). The highest BCUT2D eigenvalue weighted by Crippen LogP contribution is 2.22. The predicted molar refractivity (Wildman–Crippen MR) is 88.6 cm³/mol. The van der Waals surface area contributed by atoms with E-state index >= 15 is 0 Å². The Morgan fingerprint density at radius 2 is 2.20 bits per heavy atom. The largest absolute Gasteiger partial charge is 0.364 e. The second-order valence-corrected chi connectivity index (χ2v) is 7.83. The summed E-state index contributed by atoms with van der Waals surface area (Å²) in [6.07, 6.45) is 2.56. The highest BCUT2D eigenvalue weighted by Gasteiger charge is 2.34. The third-order valence-corrected chi connectivity index (χ3v) is 5.71. The first-order chi connectivity index (χ1) is 11.8. The Hall–Kier alpha value is -1.75. The first kappa shape index (κ1) is 19.6. The summed E-state index contributed by atoms with van der Waals surface area (Å²) in [6.45, 7) is 1.36. The van der Waals surface area contributed by atoms with Crippen molar-refractivity contribution in [3.05, 3.63) is 18.0 Å². The van der Waals surface area contributed by atoms with E-state index in [4.69, 9.17) is 4.52 Å². The van der Waals surface area contributed by atoms with Crippen molar-refractivity contribution in [2.45, 2.75) is 25.1 Å². The molecule has 1 saturated heterocycles. The van der Waals surface area contributed by atoms with E-state index in [2.05, 4.69) is 15.5 Å². The molecule has 1 aliphatic heterocycles. The highest BCUT2D eigenvalue weighted by molar-refractivity contribution is 7.89. The van der Waals surface area contributed by atoms with E-state index in [0.717, 1.165) is 10.00 Å². The van der Waals surface area contributed by atoms with Crippen LogP contribution in [0.3, 0.4) is 0 Å². The van der Waals surface area contributed by atoms with Crippen LogP contribution in [0.4, 0.5) is 8.78 Å². The van der Waals surface area contributed by atoms with Crippen LogP contribution in [-0.2, 0) is 16.6 Å². The Morgan fingerprint density at radius 1 is 1.52 bits per heavy atom. The monoisotopic (exact) mass is 379 g/mol. The quantitative estimate of drug-likeness (QED) is 0.584. The molecule has 0 atom stereocenters. The maximum atomic E-state index is 12.6. The van der Waals surface area contributed by atoms with Gasteiger partial charge in [0.05, 0.1) is 6.54 Å². The van der Waals surface area contributed by atoms with Crippen LogP contribution in [0.1, 0.15) is 18.5 Å². The van der Waals surface area contributed by atoms with Gasteiger partial charge < -0.3 is 14.7 Å². The van der Waals surface area contributed by atoms with Gasteiger partial charge in [0.2, 0.25) is 0 Å². The molecule has 0 amide bonds. The average Bonchev–Trinajstić information content (AvgIpc) is 3.08. The Morgan fingerprint density at radius 3 is 2.72 bits per heavy atom. The van der Waals surface area contributed by atoms with Crippen LogP contribution in [0.25, 0.3) is 0 Å². The van der Waals surface area contributed by atoms with Gasteiger partial charge in [0.15, 0.2) is 5.96 Å². The van der Waals surface area contributed by atoms with E-state index in [9.17, 15) is 17.2 Å². The lowest BCUT2D eigenvalue weighted by molar-refractivity contribution is 0.204. The summed E-state index contributed by atoms with van der Waals surface area (Å²) in [5.74, 6) is -2.49. The number of aromatic nitrogens is 1. The molecular weight excluding hydrogens is 356 g/mol. The minimum Gasteiger partial charge on any atom is -0.364 e. The number of guanidine groups is 1. The number of piperidine rings is 1. The molecule has 0 unspecified atom stereocenters. The van der Waals surface area contributed by atoms with E-state index in [-0.39, 0.29) is 19.0 Å². The molecule has 0 aliphatic carbocycles. The number of hydrogen-bond acceptors (Lipinski definition) is 5. The van der Waals surface area contributed by atoms with Gasteiger partial charge in [0.1, 0.15) is 12.0 Å². The molecule has 0 radical (unpaired) electrons. The van der Waals surface area contributed by atoms with Crippen molar-refractivity contribution in [2.75, 3.05) is 33.7 Å². The molecule has 25 heavy (non-hydrogen) atoms. The second kappa shape index (κ2) is 8.56. The minimum absolute atomic E-state index is 0.117. The van der Waals surface area contributed by atoms with Crippen molar-refractivity contribution in [1.29, 1.82) is 0 Å². The Balaban J connectivity index is 1.79. The fourth-order valence-corrected chi connectivity index (χ4v) is 3.68. The molecule has 11 heteroatoms. The van der Waals surface area contributed by atoms with Gasteiger partial charge in [-0.1, -0.05) is 5.16 Å². The molecule has 0 aromatic carbocycles. The fraction of sp³-hybridized carbons (Fsp3) is 0.714. The van der Waals surface area contributed by atoms with E-state index in [0.29, 0.717) is 31.9 Å². The molecule has 0 spiro atoms. The number of aliphatic imine (C=N–C) groups is 1. The summed E-state index contributed by atoms with van der Waals surface area (Å²) in [5, 5.41) is 7.07. The minimum atomic E-state index is -4.47. The maximum Gasteiger partial charge on any atom is 0.350 e. The number of halogens is 2. The molecule has 1 N–H and O–H groups in total. The van der Waals surface area contributed by atoms with Crippen LogP contribution < -0.4 is 5.32 Å². The van der Waals surface area contributed by atoms with E-state index in [1.165, 1.54) is 6.26 Å². The van der Waals surface area contributed by atoms with Crippen LogP contribution >= 0.6 is 0 Å². The summed E-state index contributed by atoms with van der Waals surface area (Å²) in [4.78, 5) is 6.08. The van der Waals surface area contributed by atoms with Crippen molar-refractivity contribution in [1.82, 2.24) is 19.7 Å². The topological polar surface area (TPSA) is 91.0 Å². The molecule has 1 aromatic heterocycles. The zero-order valence-electron chi connectivity index (χ0n) is 14.2. The van der Waals surface area contributed by atoms with E-state index in [1.807, 2.05) is 11.9 Å². The van der Waals surface area contributed by atoms with Gasteiger partial charge in [-0.2, -0.15) is 13.1 Å². The summed E-state index contributed by atoms with van der Waals surface area (Å²) >= 11 is 0. The Labute approximate surface area is 145 Å². The number of sulfonamides is 1. The van der Waals surface area contributed by atoms with Crippen molar-refractivity contribution in [2.24, 2.45) is 10.9 Å². The zero-order valence-corrected chi connectivity index (χ0v) is 15.0. The first-order valence-electron chi connectivity index (χ1n) is 7.92. The molecular formula is C14H23F2N5O3S.